The van der Waals surface area contributed by atoms with Gasteiger partial charge in [-0.2, -0.15) is 9.78 Å². The minimum atomic E-state index is -0.303. The third kappa shape index (κ3) is 2.46. The highest BCUT2D eigenvalue weighted by atomic mass is 35.5. The number of nitrogen functional groups attached to an aromatic ring is 1. The molecule has 0 fully saturated rings. The third-order valence-electron chi connectivity index (χ3n) is 2.48. The van der Waals surface area contributed by atoms with Crippen molar-refractivity contribution in [1.29, 1.82) is 0 Å². The first kappa shape index (κ1) is 14.1. The van der Waals surface area contributed by atoms with E-state index in [1.54, 1.807) is 11.1 Å². The highest BCUT2D eigenvalue weighted by molar-refractivity contribution is 5.85. The summed E-state index contributed by atoms with van der Waals surface area (Å²) in [6.07, 6.45) is 1.59. The van der Waals surface area contributed by atoms with Gasteiger partial charge in [-0.15, -0.1) is 12.4 Å². The number of hydrogen-bond donors (Lipinski definition) is 1. The Balaban J connectivity index is 0.00000162. The summed E-state index contributed by atoms with van der Waals surface area (Å²) >= 11 is 0. The average molecular weight is 267 g/mol. The van der Waals surface area contributed by atoms with E-state index in [0.29, 0.717) is 11.4 Å². The van der Waals surface area contributed by atoms with Crippen molar-refractivity contribution in [2.45, 2.75) is 0 Å². The fraction of sp³-hybridized carbons (Fsp3) is 0.167. The summed E-state index contributed by atoms with van der Waals surface area (Å²) in [5, 5.41) is 4.11. The number of nitrogens with zero attached hydrogens (tertiary/aromatic N) is 3. The van der Waals surface area contributed by atoms with Crippen LogP contribution in [-0.2, 0) is 0 Å². The molecule has 0 aliphatic carbocycles. The standard InChI is InChI=1S/C12H14N4O.ClH/c1-15(2)10-8-14-16(12(17)11(10)13)9-6-4-3-5-7-9;/h3-8H,13H2,1-2H3;1H. The summed E-state index contributed by atoms with van der Waals surface area (Å²) in [6.45, 7) is 0. The van der Waals surface area contributed by atoms with E-state index in [9.17, 15) is 4.79 Å². The maximum Gasteiger partial charge on any atom is 0.296 e. The van der Waals surface area contributed by atoms with E-state index in [2.05, 4.69) is 5.10 Å². The van der Waals surface area contributed by atoms with Gasteiger partial charge in [-0.25, -0.2) is 0 Å². The van der Waals surface area contributed by atoms with E-state index < -0.39 is 0 Å². The van der Waals surface area contributed by atoms with Gasteiger partial charge in [0.25, 0.3) is 5.56 Å². The van der Waals surface area contributed by atoms with E-state index in [4.69, 9.17) is 5.73 Å². The second-order valence-corrected chi connectivity index (χ2v) is 3.89. The van der Waals surface area contributed by atoms with Crippen molar-refractivity contribution in [2.24, 2.45) is 0 Å². The number of para-hydroxylation sites is 1. The summed E-state index contributed by atoms with van der Waals surface area (Å²) in [7, 11) is 3.64. The lowest BCUT2D eigenvalue weighted by Crippen LogP contribution is -2.26. The zero-order valence-electron chi connectivity index (χ0n) is 10.2. The molecule has 1 heterocycles. The molecule has 18 heavy (non-hydrogen) atoms. The molecule has 1 aromatic carbocycles. The van der Waals surface area contributed by atoms with E-state index in [1.165, 1.54) is 4.68 Å². The van der Waals surface area contributed by atoms with Crippen LogP contribution in [0.4, 0.5) is 11.4 Å². The highest BCUT2D eigenvalue weighted by Crippen LogP contribution is 2.15. The van der Waals surface area contributed by atoms with E-state index >= 15 is 0 Å². The number of benzene rings is 1. The van der Waals surface area contributed by atoms with Gasteiger partial charge in [-0.1, -0.05) is 18.2 Å². The van der Waals surface area contributed by atoms with Gasteiger partial charge in [0.2, 0.25) is 0 Å². The minimum absolute atomic E-state index is 0. The Morgan fingerprint density at radius 1 is 1.22 bits per heavy atom. The van der Waals surface area contributed by atoms with Gasteiger partial charge in [0.1, 0.15) is 5.69 Å². The molecule has 96 valence electrons. The van der Waals surface area contributed by atoms with Crippen LogP contribution in [0, 0.1) is 0 Å². The van der Waals surface area contributed by atoms with Crippen molar-refractivity contribution in [3.63, 3.8) is 0 Å². The van der Waals surface area contributed by atoms with Crippen LogP contribution in [0.5, 0.6) is 0 Å². The fourth-order valence-electron chi connectivity index (χ4n) is 1.57. The molecule has 6 heteroatoms. The van der Waals surface area contributed by atoms with Crippen molar-refractivity contribution in [3.05, 3.63) is 46.9 Å². The van der Waals surface area contributed by atoms with Gasteiger partial charge in [0.05, 0.1) is 17.6 Å². The Morgan fingerprint density at radius 3 is 2.39 bits per heavy atom. The summed E-state index contributed by atoms with van der Waals surface area (Å²) < 4.78 is 1.29. The maximum atomic E-state index is 12.0. The van der Waals surface area contributed by atoms with Gasteiger partial charge in [-0.3, -0.25) is 4.79 Å². The maximum absolute atomic E-state index is 12.0. The summed E-state index contributed by atoms with van der Waals surface area (Å²) in [5.74, 6) is 0. The molecule has 0 bridgehead atoms. The summed E-state index contributed by atoms with van der Waals surface area (Å²) in [5.41, 5.74) is 7.04. The van der Waals surface area contributed by atoms with Gasteiger partial charge >= 0.3 is 0 Å². The van der Waals surface area contributed by atoms with E-state index in [-0.39, 0.29) is 23.7 Å². The summed E-state index contributed by atoms with van der Waals surface area (Å²) in [6, 6.07) is 9.19. The average Bonchev–Trinajstić information content (AvgIpc) is 2.33. The first-order valence-electron chi connectivity index (χ1n) is 5.22. The predicted octanol–water partition coefficient (Wildman–Crippen LogP) is 1.30. The lowest BCUT2D eigenvalue weighted by atomic mass is 10.3. The molecule has 0 saturated carbocycles. The normalized spacial score (nSPS) is 9.67. The van der Waals surface area contributed by atoms with Gasteiger partial charge in [0, 0.05) is 14.1 Å². The number of aromatic nitrogens is 2. The number of rotatable bonds is 2. The molecule has 0 unspecified atom stereocenters. The topological polar surface area (TPSA) is 64.2 Å². The lowest BCUT2D eigenvalue weighted by molar-refractivity contribution is 0.807. The molecule has 2 aromatic rings. The van der Waals surface area contributed by atoms with Crippen LogP contribution >= 0.6 is 12.4 Å². The first-order valence-corrected chi connectivity index (χ1v) is 5.22. The molecule has 0 radical (unpaired) electrons. The molecule has 0 saturated heterocycles. The van der Waals surface area contributed by atoms with Crippen molar-refractivity contribution >= 4 is 23.8 Å². The Hall–Kier alpha value is -2.01. The number of halogens is 1. The second kappa shape index (κ2) is 5.55. The molecule has 0 amide bonds. The second-order valence-electron chi connectivity index (χ2n) is 3.89. The Kier molecular flexibility index (Phi) is 4.33. The molecule has 0 spiro atoms. The van der Waals surface area contributed by atoms with Crippen LogP contribution in [-0.4, -0.2) is 23.9 Å². The monoisotopic (exact) mass is 266 g/mol. The van der Waals surface area contributed by atoms with Crippen LogP contribution in [0.2, 0.25) is 0 Å². The highest BCUT2D eigenvalue weighted by Gasteiger charge is 2.10. The Morgan fingerprint density at radius 2 is 1.83 bits per heavy atom. The number of hydrogen-bond acceptors (Lipinski definition) is 4. The molecule has 0 atom stereocenters. The zero-order valence-corrected chi connectivity index (χ0v) is 11.0. The molecule has 2 rings (SSSR count). The van der Waals surface area contributed by atoms with Crippen LogP contribution in [0.3, 0.4) is 0 Å². The molecule has 0 aliphatic heterocycles. The SMILES string of the molecule is CN(C)c1cnn(-c2ccccc2)c(=O)c1N.Cl. The summed E-state index contributed by atoms with van der Waals surface area (Å²) in [4.78, 5) is 13.8. The number of anilines is 2. The minimum Gasteiger partial charge on any atom is -0.392 e. The molecular weight excluding hydrogens is 252 g/mol. The third-order valence-corrected chi connectivity index (χ3v) is 2.48. The van der Waals surface area contributed by atoms with Crippen LogP contribution in [0.25, 0.3) is 5.69 Å². The molecule has 1 aromatic heterocycles. The van der Waals surface area contributed by atoms with Crippen molar-refractivity contribution in [3.8, 4) is 5.69 Å². The largest absolute Gasteiger partial charge is 0.392 e. The fourth-order valence-corrected chi connectivity index (χ4v) is 1.57. The van der Waals surface area contributed by atoms with Crippen molar-refractivity contribution in [1.82, 2.24) is 9.78 Å². The molecule has 0 aliphatic rings. The smallest absolute Gasteiger partial charge is 0.296 e. The lowest BCUT2D eigenvalue weighted by Gasteiger charge is -2.15. The van der Waals surface area contributed by atoms with Crippen LogP contribution in [0.15, 0.2) is 41.3 Å². The van der Waals surface area contributed by atoms with E-state index in [0.717, 1.165) is 0 Å². The van der Waals surface area contributed by atoms with Gasteiger partial charge in [0.15, 0.2) is 0 Å². The predicted molar refractivity (Wildman–Crippen MR) is 75.8 cm³/mol. The van der Waals surface area contributed by atoms with Crippen LogP contribution in [0.1, 0.15) is 0 Å². The Labute approximate surface area is 111 Å². The number of nitrogens with two attached hydrogens (primary N) is 1. The molecule has 5 nitrogen and oxygen atoms in total. The Bertz CT molecular complexity index is 580. The van der Waals surface area contributed by atoms with Crippen LogP contribution < -0.4 is 16.2 Å². The molecular formula is C12H15ClN4O. The molecule has 2 N–H and O–H groups in total. The van der Waals surface area contributed by atoms with Crippen molar-refractivity contribution < 1.29 is 0 Å². The zero-order chi connectivity index (χ0) is 12.4. The van der Waals surface area contributed by atoms with Crippen molar-refractivity contribution in [2.75, 3.05) is 24.7 Å². The quantitative estimate of drug-likeness (QED) is 0.890. The van der Waals surface area contributed by atoms with E-state index in [1.807, 2.05) is 44.4 Å². The van der Waals surface area contributed by atoms with Gasteiger partial charge in [-0.05, 0) is 12.1 Å². The first-order chi connectivity index (χ1) is 8.11. The van der Waals surface area contributed by atoms with Gasteiger partial charge < -0.3 is 10.6 Å².